The van der Waals surface area contributed by atoms with Crippen molar-refractivity contribution in [1.82, 2.24) is 14.9 Å². The number of aryl methyl sites for hydroxylation is 1. The van der Waals surface area contributed by atoms with Crippen LogP contribution in [0.2, 0.25) is 0 Å². The van der Waals surface area contributed by atoms with Gasteiger partial charge in [-0.3, -0.25) is 14.2 Å². The highest BCUT2D eigenvalue weighted by molar-refractivity contribution is 5.95. The highest BCUT2D eigenvalue weighted by Gasteiger charge is 2.17. The van der Waals surface area contributed by atoms with Crippen LogP contribution in [-0.2, 0) is 27.2 Å². The molecule has 2 aromatic rings. The zero-order chi connectivity index (χ0) is 17.8. The molecule has 0 saturated heterocycles. The molecule has 2 heterocycles. The van der Waals surface area contributed by atoms with Gasteiger partial charge in [-0.05, 0) is 24.6 Å². The summed E-state index contributed by atoms with van der Waals surface area (Å²) in [6.45, 7) is 1.04. The Bertz CT molecular complexity index is 874. The first-order valence-electron chi connectivity index (χ1n) is 8.06. The van der Waals surface area contributed by atoms with Crippen LogP contribution in [0.5, 0.6) is 0 Å². The van der Waals surface area contributed by atoms with E-state index in [0.717, 1.165) is 18.7 Å². The van der Waals surface area contributed by atoms with Gasteiger partial charge in [-0.2, -0.15) is 0 Å². The van der Waals surface area contributed by atoms with E-state index >= 15 is 0 Å². The number of rotatable bonds is 6. The fourth-order valence-corrected chi connectivity index (χ4v) is 2.77. The molecule has 3 rings (SSSR count). The minimum absolute atomic E-state index is 0.0880. The second-order valence-electron chi connectivity index (χ2n) is 5.74. The molecule has 0 unspecified atom stereocenters. The Balaban J connectivity index is 1.71. The van der Waals surface area contributed by atoms with Gasteiger partial charge in [0.15, 0.2) is 6.61 Å². The molecule has 1 aromatic heterocycles. The summed E-state index contributed by atoms with van der Waals surface area (Å²) in [5.41, 5.74) is 0.638. The fraction of sp³-hybridized carbons (Fsp3) is 0.412. The van der Waals surface area contributed by atoms with Gasteiger partial charge in [0.25, 0.3) is 11.5 Å². The van der Waals surface area contributed by atoms with Crippen LogP contribution >= 0.6 is 0 Å². The van der Waals surface area contributed by atoms with Gasteiger partial charge in [0, 0.05) is 26.6 Å². The Morgan fingerprint density at radius 1 is 1.36 bits per heavy atom. The lowest BCUT2D eigenvalue weighted by Gasteiger charge is -2.08. The normalized spacial score (nSPS) is 12.8. The summed E-state index contributed by atoms with van der Waals surface area (Å²) < 4.78 is 11.5. The Morgan fingerprint density at radius 3 is 3.00 bits per heavy atom. The molecule has 0 fully saturated rings. The zero-order valence-corrected chi connectivity index (χ0v) is 13.9. The second-order valence-corrected chi connectivity index (χ2v) is 5.74. The number of hydrogen-bond acceptors (Lipinski definition) is 6. The second kappa shape index (κ2) is 7.43. The number of aromatic nitrogens is 2. The maximum absolute atomic E-state index is 12.4. The monoisotopic (exact) mass is 345 g/mol. The predicted molar refractivity (Wildman–Crippen MR) is 89.5 cm³/mol. The average Bonchev–Trinajstić information content (AvgIpc) is 3.08. The number of amides is 1. The summed E-state index contributed by atoms with van der Waals surface area (Å²) in [5.74, 6) is -0.299. The first kappa shape index (κ1) is 17.1. The number of nitrogens with zero attached hydrogens (tertiary/aromatic N) is 2. The summed E-state index contributed by atoms with van der Waals surface area (Å²) >= 11 is 0. The zero-order valence-electron chi connectivity index (χ0n) is 13.9. The lowest BCUT2D eigenvalue weighted by Crippen LogP contribution is -2.31. The molecule has 1 aliphatic rings. The van der Waals surface area contributed by atoms with Gasteiger partial charge < -0.3 is 14.8 Å². The third-order valence-corrected chi connectivity index (χ3v) is 4.01. The van der Waals surface area contributed by atoms with Crippen LogP contribution in [0.15, 0.2) is 23.0 Å². The van der Waals surface area contributed by atoms with Crippen molar-refractivity contribution >= 4 is 22.8 Å². The molecule has 0 spiro atoms. The summed E-state index contributed by atoms with van der Waals surface area (Å²) in [5, 5.41) is 3.03. The first-order valence-corrected chi connectivity index (χ1v) is 8.06. The third-order valence-electron chi connectivity index (χ3n) is 4.01. The van der Waals surface area contributed by atoms with Crippen LogP contribution in [0, 0.1) is 0 Å². The van der Waals surface area contributed by atoms with E-state index in [2.05, 4.69) is 10.3 Å². The van der Waals surface area contributed by atoms with Crippen molar-refractivity contribution in [3.8, 4) is 0 Å². The van der Waals surface area contributed by atoms with Gasteiger partial charge in [0.05, 0.1) is 23.1 Å². The number of hydrogen-bond donors (Lipinski definition) is 1. The summed E-state index contributed by atoms with van der Waals surface area (Å²) in [4.78, 5) is 40.5. The Morgan fingerprint density at radius 2 is 2.20 bits per heavy atom. The van der Waals surface area contributed by atoms with Crippen molar-refractivity contribution in [1.29, 1.82) is 0 Å². The maximum Gasteiger partial charge on any atom is 0.338 e. The number of carbonyl (C=O) groups excluding carboxylic acids is 2. The van der Waals surface area contributed by atoms with E-state index in [9.17, 15) is 14.4 Å². The van der Waals surface area contributed by atoms with Crippen LogP contribution in [0.25, 0.3) is 10.9 Å². The molecule has 25 heavy (non-hydrogen) atoms. The lowest BCUT2D eigenvalue weighted by atomic mass is 10.1. The number of ether oxygens (including phenoxy) is 2. The molecule has 0 saturated carbocycles. The van der Waals surface area contributed by atoms with Gasteiger partial charge in [-0.1, -0.05) is 0 Å². The van der Waals surface area contributed by atoms with Crippen LogP contribution in [-0.4, -0.2) is 48.3 Å². The number of carbonyl (C=O) groups is 2. The van der Waals surface area contributed by atoms with Crippen molar-refractivity contribution in [3.05, 3.63) is 39.9 Å². The SMILES string of the molecule is COCCNC(=O)COC(=O)c1ccc2c(=O)n3c(nc2c1)CCC3. The molecule has 1 N–H and O–H groups in total. The quantitative estimate of drug-likeness (QED) is 0.596. The van der Waals surface area contributed by atoms with Gasteiger partial charge in [-0.15, -0.1) is 0 Å². The predicted octanol–water partition coefficient (Wildman–Crippen LogP) is 0.262. The van der Waals surface area contributed by atoms with Gasteiger partial charge in [0.2, 0.25) is 0 Å². The van der Waals surface area contributed by atoms with E-state index in [0.29, 0.717) is 30.6 Å². The fourth-order valence-electron chi connectivity index (χ4n) is 2.77. The summed E-state index contributed by atoms with van der Waals surface area (Å²) in [6, 6.07) is 4.62. The van der Waals surface area contributed by atoms with Crippen LogP contribution < -0.4 is 10.9 Å². The number of nitrogens with one attached hydrogen (secondary N) is 1. The Labute approximate surface area is 143 Å². The highest BCUT2D eigenvalue weighted by Crippen LogP contribution is 2.16. The maximum atomic E-state index is 12.4. The summed E-state index contributed by atoms with van der Waals surface area (Å²) in [7, 11) is 1.53. The van der Waals surface area contributed by atoms with Crippen molar-refractivity contribution in [2.24, 2.45) is 0 Å². The molecule has 1 amide bonds. The highest BCUT2D eigenvalue weighted by atomic mass is 16.5. The third kappa shape index (κ3) is 3.69. The van der Waals surface area contributed by atoms with Crippen LogP contribution in [0.4, 0.5) is 0 Å². The largest absolute Gasteiger partial charge is 0.452 e. The Hall–Kier alpha value is -2.74. The molecule has 132 valence electrons. The summed E-state index contributed by atoms with van der Waals surface area (Å²) in [6.07, 6.45) is 1.65. The van der Waals surface area contributed by atoms with Crippen LogP contribution in [0.1, 0.15) is 22.6 Å². The van der Waals surface area contributed by atoms with Gasteiger partial charge in [-0.25, -0.2) is 9.78 Å². The first-order chi connectivity index (χ1) is 12.1. The van der Waals surface area contributed by atoms with Crippen molar-refractivity contribution in [3.63, 3.8) is 0 Å². The number of esters is 1. The Kier molecular flexibility index (Phi) is 5.08. The molecule has 0 bridgehead atoms. The molecule has 1 aliphatic heterocycles. The minimum atomic E-state index is -0.633. The lowest BCUT2D eigenvalue weighted by molar-refractivity contribution is -0.124. The van der Waals surface area contributed by atoms with E-state index in [-0.39, 0.29) is 17.7 Å². The molecule has 0 atom stereocenters. The smallest absolute Gasteiger partial charge is 0.338 e. The average molecular weight is 345 g/mol. The molecule has 0 aliphatic carbocycles. The van der Waals surface area contributed by atoms with Crippen LogP contribution in [0.3, 0.4) is 0 Å². The molecule has 1 aromatic carbocycles. The molecular weight excluding hydrogens is 326 g/mol. The minimum Gasteiger partial charge on any atom is -0.452 e. The number of benzene rings is 1. The number of fused-ring (bicyclic) bond motifs is 2. The van der Waals surface area contributed by atoms with E-state index in [1.807, 2.05) is 0 Å². The van der Waals surface area contributed by atoms with Gasteiger partial charge >= 0.3 is 5.97 Å². The standard InChI is InChI=1S/C17H19N3O5/c1-24-8-6-18-15(21)10-25-17(23)11-4-5-12-13(9-11)19-14-3-2-7-20(14)16(12)22/h4-5,9H,2-3,6-8,10H2,1H3,(H,18,21). The molecule has 8 nitrogen and oxygen atoms in total. The van der Waals surface area contributed by atoms with Crippen molar-refractivity contribution in [2.75, 3.05) is 26.9 Å². The van der Waals surface area contributed by atoms with E-state index in [1.165, 1.54) is 19.2 Å². The van der Waals surface area contributed by atoms with Gasteiger partial charge in [0.1, 0.15) is 5.82 Å². The number of methoxy groups -OCH3 is 1. The van der Waals surface area contributed by atoms with E-state index in [4.69, 9.17) is 9.47 Å². The van der Waals surface area contributed by atoms with Crippen molar-refractivity contribution in [2.45, 2.75) is 19.4 Å². The molecule has 0 radical (unpaired) electrons. The van der Waals surface area contributed by atoms with Crippen molar-refractivity contribution < 1.29 is 19.1 Å². The molecular formula is C17H19N3O5. The molecule has 8 heteroatoms. The topological polar surface area (TPSA) is 99.5 Å². The van der Waals surface area contributed by atoms with E-state index in [1.54, 1.807) is 10.6 Å². The van der Waals surface area contributed by atoms with E-state index < -0.39 is 11.9 Å².